The Hall–Kier alpha value is -2.09. The normalized spacial score (nSPS) is 10.4. The second-order valence-electron chi connectivity index (χ2n) is 5.62. The third-order valence-electron chi connectivity index (χ3n) is 3.35. The molecule has 0 saturated heterocycles. The molecule has 0 spiro atoms. The Bertz CT molecular complexity index is 507. The Morgan fingerprint density at radius 2 is 2.00 bits per heavy atom. The van der Waals surface area contributed by atoms with Crippen LogP contribution in [0.3, 0.4) is 0 Å². The lowest BCUT2D eigenvalue weighted by molar-refractivity contribution is -0.385. The van der Waals surface area contributed by atoms with Crippen molar-refractivity contribution in [3.05, 3.63) is 33.9 Å². The van der Waals surface area contributed by atoms with E-state index in [0.29, 0.717) is 5.69 Å². The highest BCUT2D eigenvalue weighted by molar-refractivity contribution is 5.59. The molecule has 1 aromatic rings. The van der Waals surface area contributed by atoms with Crippen molar-refractivity contribution in [2.75, 3.05) is 11.9 Å². The van der Waals surface area contributed by atoms with Gasteiger partial charge in [0.25, 0.3) is 5.69 Å². The zero-order chi connectivity index (χ0) is 15.7. The SMILES string of the molecule is CC(C)CCCCCCNc1ccc(C#N)c([N+](=O)[O-])c1. The monoisotopic (exact) mass is 289 g/mol. The summed E-state index contributed by atoms with van der Waals surface area (Å²) >= 11 is 0. The summed E-state index contributed by atoms with van der Waals surface area (Å²) in [7, 11) is 0. The zero-order valence-electron chi connectivity index (χ0n) is 12.8. The van der Waals surface area contributed by atoms with E-state index in [4.69, 9.17) is 5.26 Å². The number of nitriles is 1. The van der Waals surface area contributed by atoms with Gasteiger partial charge in [-0.3, -0.25) is 10.1 Å². The van der Waals surface area contributed by atoms with Crippen LogP contribution in [-0.4, -0.2) is 11.5 Å². The minimum atomic E-state index is -0.518. The number of nitro groups is 1. The van der Waals surface area contributed by atoms with Gasteiger partial charge >= 0.3 is 0 Å². The Morgan fingerprint density at radius 3 is 2.62 bits per heavy atom. The van der Waals surface area contributed by atoms with Crippen LogP contribution >= 0.6 is 0 Å². The van der Waals surface area contributed by atoms with Crippen molar-refractivity contribution in [2.24, 2.45) is 5.92 Å². The van der Waals surface area contributed by atoms with E-state index >= 15 is 0 Å². The number of hydrogen-bond donors (Lipinski definition) is 1. The van der Waals surface area contributed by atoms with E-state index in [1.165, 1.54) is 31.4 Å². The van der Waals surface area contributed by atoms with Crippen molar-refractivity contribution < 1.29 is 4.92 Å². The summed E-state index contributed by atoms with van der Waals surface area (Å²) in [5, 5.41) is 22.9. The number of nitrogens with zero attached hydrogens (tertiary/aromatic N) is 2. The van der Waals surface area contributed by atoms with Gasteiger partial charge in [-0.15, -0.1) is 0 Å². The first-order chi connectivity index (χ1) is 10.0. The van der Waals surface area contributed by atoms with Crippen molar-refractivity contribution in [2.45, 2.75) is 46.0 Å². The van der Waals surface area contributed by atoms with Gasteiger partial charge in [0.05, 0.1) is 4.92 Å². The summed E-state index contributed by atoms with van der Waals surface area (Å²) in [6, 6.07) is 6.46. The molecule has 0 radical (unpaired) electrons. The van der Waals surface area contributed by atoms with Crippen LogP contribution in [0.2, 0.25) is 0 Å². The molecule has 21 heavy (non-hydrogen) atoms. The molecule has 1 N–H and O–H groups in total. The molecule has 0 amide bonds. The van der Waals surface area contributed by atoms with Crippen LogP contribution in [-0.2, 0) is 0 Å². The molecule has 0 aromatic heterocycles. The van der Waals surface area contributed by atoms with Crippen LogP contribution < -0.4 is 5.32 Å². The molecule has 1 aromatic carbocycles. The third kappa shape index (κ3) is 6.26. The Balaban J connectivity index is 2.34. The molecule has 0 unspecified atom stereocenters. The lowest BCUT2D eigenvalue weighted by Crippen LogP contribution is -2.02. The third-order valence-corrected chi connectivity index (χ3v) is 3.35. The van der Waals surface area contributed by atoms with Gasteiger partial charge in [-0.1, -0.05) is 39.5 Å². The number of nitrogens with one attached hydrogen (secondary N) is 1. The Morgan fingerprint density at radius 1 is 1.29 bits per heavy atom. The van der Waals surface area contributed by atoms with Crippen molar-refractivity contribution in [1.82, 2.24) is 0 Å². The summed E-state index contributed by atoms with van der Waals surface area (Å²) in [4.78, 5) is 10.3. The number of benzene rings is 1. The molecule has 5 nitrogen and oxygen atoms in total. The fourth-order valence-corrected chi connectivity index (χ4v) is 2.15. The molecular weight excluding hydrogens is 266 g/mol. The highest BCUT2D eigenvalue weighted by Crippen LogP contribution is 2.22. The van der Waals surface area contributed by atoms with Crippen LogP contribution in [0.4, 0.5) is 11.4 Å². The highest BCUT2D eigenvalue weighted by Gasteiger charge is 2.13. The van der Waals surface area contributed by atoms with E-state index in [0.717, 1.165) is 25.3 Å². The molecule has 0 saturated carbocycles. The molecule has 0 aliphatic carbocycles. The molecule has 0 aliphatic heterocycles. The lowest BCUT2D eigenvalue weighted by Gasteiger charge is -2.07. The zero-order valence-corrected chi connectivity index (χ0v) is 12.8. The van der Waals surface area contributed by atoms with E-state index < -0.39 is 4.92 Å². The molecule has 1 rings (SSSR count). The summed E-state index contributed by atoms with van der Waals surface area (Å²) in [5.74, 6) is 0.766. The second-order valence-corrected chi connectivity index (χ2v) is 5.62. The average molecular weight is 289 g/mol. The lowest BCUT2D eigenvalue weighted by atomic mass is 10.0. The van der Waals surface area contributed by atoms with E-state index in [9.17, 15) is 10.1 Å². The van der Waals surface area contributed by atoms with Crippen LogP contribution in [0.15, 0.2) is 18.2 Å². The standard InChI is InChI=1S/C16H23N3O2/c1-13(2)7-5-3-4-6-10-18-15-9-8-14(12-17)16(11-15)19(20)21/h8-9,11,13,18H,3-7,10H2,1-2H3. The molecule has 114 valence electrons. The van der Waals surface area contributed by atoms with Crippen LogP contribution in [0.1, 0.15) is 51.5 Å². The van der Waals surface area contributed by atoms with Gasteiger partial charge in [0.15, 0.2) is 0 Å². The van der Waals surface area contributed by atoms with E-state index in [1.54, 1.807) is 6.07 Å². The van der Waals surface area contributed by atoms with Crippen molar-refractivity contribution in [1.29, 1.82) is 5.26 Å². The number of rotatable bonds is 9. The van der Waals surface area contributed by atoms with Crippen molar-refractivity contribution >= 4 is 11.4 Å². The Labute approximate surface area is 126 Å². The van der Waals surface area contributed by atoms with Gasteiger partial charge in [0.1, 0.15) is 11.6 Å². The van der Waals surface area contributed by atoms with Crippen LogP contribution in [0.25, 0.3) is 0 Å². The number of anilines is 1. The fraction of sp³-hybridized carbons (Fsp3) is 0.562. The minimum Gasteiger partial charge on any atom is -0.385 e. The largest absolute Gasteiger partial charge is 0.385 e. The van der Waals surface area contributed by atoms with Crippen molar-refractivity contribution in [3.63, 3.8) is 0 Å². The van der Waals surface area contributed by atoms with Crippen LogP contribution in [0, 0.1) is 27.4 Å². The molecule has 0 atom stereocenters. The van der Waals surface area contributed by atoms with Gasteiger partial charge in [-0.2, -0.15) is 5.26 Å². The number of nitro benzene ring substituents is 1. The quantitative estimate of drug-likeness (QED) is 0.413. The first kappa shape index (κ1) is 17.0. The molecular formula is C16H23N3O2. The van der Waals surface area contributed by atoms with Gasteiger partial charge in [-0.05, 0) is 24.5 Å². The maximum absolute atomic E-state index is 10.9. The maximum atomic E-state index is 10.9. The fourth-order valence-electron chi connectivity index (χ4n) is 2.15. The average Bonchev–Trinajstić information content (AvgIpc) is 2.45. The van der Waals surface area contributed by atoms with Gasteiger partial charge in [-0.25, -0.2) is 0 Å². The number of unbranched alkanes of at least 4 members (excludes halogenated alkanes) is 3. The molecule has 0 heterocycles. The molecule has 0 bridgehead atoms. The second kappa shape index (κ2) is 8.96. The van der Waals surface area contributed by atoms with Gasteiger partial charge < -0.3 is 5.32 Å². The summed E-state index contributed by atoms with van der Waals surface area (Å²) in [6.45, 7) is 5.27. The Kier molecular flexibility index (Phi) is 7.24. The van der Waals surface area contributed by atoms with Gasteiger partial charge in [0.2, 0.25) is 0 Å². The van der Waals surface area contributed by atoms with Gasteiger partial charge in [0, 0.05) is 18.3 Å². The summed E-state index contributed by atoms with van der Waals surface area (Å²) in [5.41, 5.74) is 0.654. The van der Waals surface area contributed by atoms with Crippen molar-refractivity contribution in [3.8, 4) is 6.07 Å². The predicted octanol–water partition coefficient (Wildman–Crippen LogP) is 4.48. The number of hydrogen-bond acceptors (Lipinski definition) is 4. The first-order valence-corrected chi connectivity index (χ1v) is 7.47. The topological polar surface area (TPSA) is 79.0 Å². The predicted molar refractivity (Wildman–Crippen MR) is 84.2 cm³/mol. The first-order valence-electron chi connectivity index (χ1n) is 7.47. The maximum Gasteiger partial charge on any atom is 0.289 e. The summed E-state index contributed by atoms with van der Waals surface area (Å²) < 4.78 is 0. The smallest absolute Gasteiger partial charge is 0.289 e. The summed E-state index contributed by atoms with van der Waals surface area (Å²) in [6.07, 6.45) is 5.98. The molecule has 5 heteroatoms. The van der Waals surface area contributed by atoms with E-state index in [1.807, 2.05) is 6.07 Å². The molecule has 0 aliphatic rings. The molecule has 0 fully saturated rings. The van der Waals surface area contributed by atoms with E-state index in [2.05, 4.69) is 19.2 Å². The minimum absolute atomic E-state index is 0.0965. The van der Waals surface area contributed by atoms with E-state index in [-0.39, 0.29) is 11.3 Å². The van der Waals surface area contributed by atoms with Crippen LogP contribution in [0.5, 0.6) is 0 Å². The highest BCUT2D eigenvalue weighted by atomic mass is 16.6.